The van der Waals surface area contributed by atoms with Crippen LogP contribution in [-0.2, 0) is 20.7 Å². The Kier molecular flexibility index (Phi) is 4.18. The van der Waals surface area contributed by atoms with Crippen LogP contribution in [0.2, 0.25) is 0 Å². The van der Waals surface area contributed by atoms with Gasteiger partial charge in [0.15, 0.2) is 5.60 Å². The number of carbonyl (C=O) groups excluding carboxylic acids is 3. The van der Waals surface area contributed by atoms with Gasteiger partial charge in [-0.15, -0.1) is 0 Å². The maximum Gasteiger partial charge on any atom is 0.339 e. The van der Waals surface area contributed by atoms with Gasteiger partial charge >= 0.3 is 5.97 Å². The molecule has 0 spiro atoms. The Labute approximate surface area is 157 Å². The molecule has 2 aliphatic rings. The van der Waals surface area contributed by atoms with Crippen molar-refractivity contribution in [3.05, 3.63) is 59.7 Å². The molecule has 2 aliphatic heterocycles. The van der Waals surface area contributed by atoms with Crippen molar-refractivity contribution in [3.63, 3.8) is 0 Å². The molecule has 0 bridgehead atoms. The lowest BCUT2D eigenvalue weighted by molar-refractivity contribution is -0.134. The number of amides is 2. The predicted octanol–water partition coefficient (Wildman–Crippen LogP) is 2.92. The fourth-order valence-electron chi connectivity index (χ4n) is 3.60. The smallest absolute Gasteiger partial charge is 0.339 e. The fourth-order valence-corrected chi connectivity index (χ4v) is 3.60. The van der Waals surface area contributed by atoms with Gasteiger partial charge in [0.25, 0.3) is 5.91 Å². The molecule has 2 amide bonds. The van der Waals surface area contributed by atoms with Crippen molar-refractivity contribution < 1.29 is 19.1 Å². The molecule has 1 saturated heterocycles. The van der Waals surface area contributed by atoms with Gasteiger partial charge < -0.3 is 15.0 Å². The molecule has 0 unspecified atom stereocenters. The summed E-state index contributed by atoms with van der Waals surface area (Å²) < 4.78 is 5.47. The van der Waals surface area contributed by atoms with Crippen LogP contribution in [0.25, 0.3) is 0 Å². The number of rotatable bonds is 3. The normalized spacial score (nSPS) is 21.6. The summed E-state index contributed by atoms with van der Waals surface area (Å²) >= 11 is 0. The minimum absolute atomic E-state index is 0.0863. The molecule has 27 heavy (non-hydrogen) atoms. The van der Waals surface area contributed by atoms with E-state index in [9.17, 15) is 14.4 Å². The lowest BCUT2D eigenvalue weighted by Crippen LogP contribution is -2.48. The highest BCUT2D eigenvalue weighted by molar-refractivity contribution is 6.03. The Morgan fingerprint density at radius 2 is 1.96 bits per heavy atom. The van der Waals surface area contributed by atoms with Crippen molar-refractivity contribution in [3.8, 4) is 0 Å². The number of esters is 1. The van der Waals surface area contributed by atoms with Crippen molar-refractivity contribution in [2.45, 2.75) is 31.8 Å². The van der Waals surface area contributed by atoms with Gasteiger partial charge in [-0.05, 0) is 43.2 Å². The van der Waals surface area contributed by atoms with Crippen molar-refractivity contribution in [1.82, 2.24) is 0 Å². The topological polar surface area (TPSA) is 75.7 Å². The molecule has 1 N–H and O–H groups in total. The molecule has 0 aromatic heterocycles. The first kappa shape index (κ1) is 17.3. The third-order valence-electron chi connectivity index (χ3n) is 5.05. The Bertz CT molecular complexity index is 939. The predicted molar refractivity (Wildman–Crippen MR) is 101 cm³/mol. The van der Waals surface area contributed by atoms with E-state index in [-0.39, 0.29) is 5.91 Å². The van der Waals surface area contributed by atoms with Crippen molar-refractivity contribution in [1.29, 1.82) is 0 Å². The second kappa shape index (κ2) is 6.54. The van der Waals surface area contributed by atoms with Crippen molar-refractivity contribution in [2.75, 3.05) is 16.8 Å². The fraction of sp³-hybridized carbons (Fsp3) is 0.286. The van der Waals surface area contributed by atoms with Crippen LogP contribution in [-0.4, -0.2) is 29.9 Å². The summed E-state index contributed by atoms with van der Waals surface area (Å²) in [5.41, 5.74) is 1.32. The molecule has 2 aromatic carbocycles. The van der Waals surface area contributed by atoms with Crippen LogP contribution in [0, 0.1) is 0 Å². The molecule has 2 aromatic rings. The van der Waals surface area contributed by atoms with Gasteiger partial charge in [-0.2, -0.15) is 0 Å². The number of nitrogens with one attached hydrogen (secondary N) is 1. The number of hydrogen-bond donors (Lipinski definition) is 1. The van der Waals surface area contributed by atoms with E-state index in [1.54, 1.807) is 42.2 Å². The van der Waals surface area contributed by atoms with Crippen LogP contribution < -0.4 is 10.2 Å². The maximum absolute atomic E-state index is 12.9. The molecule has 4 rings (SSSR count). The van der Waals surface area contributed by atoms with E-state index < -0.39 is 17.5 Å². The molecule has 0 saturated carbocycles. The minimum Gasteiger partial charge on any atom is -0.445 e. The summed E-state index contributed by atoms with van der Waals surface area (Å²) in [4.78, 5) is 38.8. The molecular formula is C21H20N2O4. The quantitative estimate of drug-likeness (QED) is 0.850. The summed E-state index contributed by atoms with van der Waals surface area (Å²) in [6, 6.07) is 14.3. The van der Waals surface area contributed by atoms with Crippen molar-refractivity contribution >= 4 is 29.2 Å². The van der Waals surface area contributed by atoms with E-state index in [4.69, 9.17) is 4.74 Å². The van der Waals surface area contributed by atoms with Gasteiger partial charge in [0.1, 0.15) is 0 Å². The number of carbonyl (C=O) groups is 3. The van der Waals surface area contributed by atoms with E-state index >= 15 is 0 Å². The third-order valence-corrected chi connectivity index (χ3v) is 5.05. The number of cyclic esters (lactones) is 1. The van der Waals surface area contributed by atoms with E-state index in [2.05, 4.69) is 5.32 Å². The zero-order valence-electron chi connectivity index (χ0n) is 15.0. The monoisotopic (exact) mass is 364 g/mol. The minimum atomic E-state index is -1.29. The first-order chi connectivity index (χ1) is 13.0. The average molecular weight is 364 g/mol. The Morgan fingerprint density at radius 3 is 2.74 bits per heavy atom. The number of ether oxygens (including phenoxy) is 1. The first-order valence-electron chi connectivity index (χ1n) is 8.99. The van der Waals surface area contributed by atoms with Crippen LogP contribution in [0.15, 0.2) is 48.5 Å². The summed E-state index contributed by atoms with van der Waals surface area (Å²) in [6.45, 7) is 2.30. The molecule has 2 heterocycles. The molecule has 0 radical (unpaired) electrons. The number of nitrogens with zero attached hydrogens (tertiary/aromatic N) is 1. The van der Waals surface area contributed by atoms with E-state index in [0.29, 0.717) is 30.6 Å². The molecule has 138 valence electrons. The van der Waals surface area contributed by atoms with E-state index in [1.165, 1.54) is 0 Å². The molecule has 1 fully saturated rings. The molecule has 6 heteroatoms. The van der Waals surface area contributed by atoms with Gasteiger partial charge in [0, 0.05) is 30.8 Å². The van der Waals surface area contributed by atoms with E-state index in [1.807, 2.05) is 18.2 Å². The Balaban J connectivity index is 1.54. The van der Waals surface area contributed by atoms with Gasteiger partial charge in [0.2, 0.25) is 5.91 Å². The Hall–Kier alpha value is -3.15. The van der Waals surface area contributed by atoms with Crippen LogP contribution >= 0.6 is 0 Å². The zero-order chi connectivity index (χ0) is 19.0. The highest BCUT2D eigenvalue weighted by Gasteiger charge is 2.42. The lowest BCUT2D eigenvalue weighted by atomic mass is 9.89. The first-order valence-corrected chi connectivity index (χ1v) is 8.99. The Morgan fingerprint density at radius 1 is 1.15 bits per heavy atom. The van der Waals surface area contributed by atoms with Gasteiger partial charge in [-0.1, -0.05) is 24.3 Å². The third kappa shape index (κ3) is 3.18. The zero-order valence-corrected chi connectivity index (χ0v) is 15.0. The van der Waals surface area contributed by atoms with Crippen LogP contribution in [0.5, 0.6) is 0 Å². The molecule has 6 nitrogen and oxygen atoms in total. The average Bonchev–Trinajstić information content (AvgIpc) is 3.08. The lowest BCUT2D eigenvalue weighted by Gasteiger charge is -2.33. The standard InChI is InChI=1S/C21H20N2O4/c1-21(13-14-6-2-3-9-17(14)19(25)27-21)20(26)22-15-7-4-8-16(12-15)23-11-5-10-18(23)24/h2-4,6-9,12H,5,10-11,13H2,1H3,(H,22,26)/t21-/m1/s1. The van der Waals surface area contributed by atoms with Gasteiger partial charge in [0.05, 0.1) is 5.56 Å². The molecule has 1 atom stereocenters. The highest BCUT2D eigenvalue weighted by Crippen LogP contribution is 2.30. The van der Waals surface area contributed by atoms with Gasteiger partial charge in [-0.25, -0.2) is 4.79 Å². The van der Waals surface area contributed by atoms with Crippen LogP contribution in [0.4, 0.5) is 11.4 Å². The second-order valence-corrected chi connectivity index (χ2v) is 7.11. The SMILES string of the molecule is C[C@]1(C(=O)Nc2cccc(N3CCCC3=O)c2)Cc2ccccc2C(=O)O1. The molecule has 0 aliphatic carbocycles. The number of fused-ring (bicyclic) bond motifs is 1. The summed E-state index contributed by atoms with van der Waals surface area (Å²) in [5.74, 6) is -0.801. The number of benzene rings is 2. The van der Waals surface area contributed by atoms with Crippen molar-refractivity contribution in [2.24, 2.45) is 0 Å². The number of anilines is 2. The van der Waals surface area contributed by atoms with Crippen LogP contribution in [0.3, 0.4) is 0 Å². The largest absolute Gasteiger partial charge is 0.445 e. The number of hydrogen-bond acceptors (Lipinski definition) is 4. The summed E-state index contributed by atoms with van der Waals surface area (Å²) in [5, 5.41) is 2.83. The van der Waals surface area contributed by atoms with Gasteiger partial charge in [-0.3, -0.25) is 9.59 Å². The highest BCUT2D eigenvalue weighted by atomic mass is 16.6. The summed E-state index contributed by atoms with van der Waals surface area (Å²) in [7, 11) is 0. The van der Waals surface area contributed by atoms with Crippen LogP contribution in [0.1, 0.15) is 35.7 Å². The second-order valence-electron chi connectivity index (χ2n) is 7.11. The van der Waals surface area contributed by atoms with E-state index in [0.717, 1.165) is 17.7 Å². The molecular weight excluding hydrogens is 344 g/mol. The maximum atomic E-state index is 12.9. The summed E-state index contributed by atoms with van der Waals surface area (Å²) in [6.07, 6.45) is 1.69.